The van der Waals surface area contributed by atoms with Crippen molar-refractivity contribution in [3.05, 3.63) is 36.5 Å². The topological polar surface area (TPSA) is 119 Å². The molecule has 0 radical (unpaired) electrons. The summed E-state index contributed by atoms with van der Waals surface area (Å²) in [7, 11) is -4.75. The number of allylic oxidation sites excluding steroid dienone is 6. The lowest BCUT2D eigenvalue weighted by Crippen LogP contribution is -2.29. The highest BCUT2D eigenvalue weighted by Gasteiger charge is 2.22. The van der Waals surface area contributed by atoms with Gasteiger partial charge in [-0.3, -0.25) is 14.1 Å². The van der Waals surface area contributed by atoms with Gasteiger partial charge in [0.05, 0.1) is 6.61 Å². The van der Waals surface area contributed by atoms with E-state index in [2.05, 4.69) is 54.8 Å². The fraction of sp³-hybridized carbons (Fsp3) is 0.765. The highest BCUT2D eigenvalue weighted by molar-refractivity contribution is 7.46. The second kappa shape index (κ2) is 30.3. The molecule has 0 aromatic rings. The van der Waals surface area contributed by atoms with Crippen molar-refractivity contribution in [2.45, 2.75) is 155 Å². The Morgan fingerprint density at radius 1 is 0.605 bits per heavy atom. The summed E-state index contributed by atoms with van der Waals surface area (Å²) in [5, 5.41) is 0. The molecule has 0 aliphatic heterocycles. The van der Waals surface area contributed by atoms with E-state index in [9.17, 15) is 14.2 Å². The van der Waals surface area contributed by atoms with Crippen LogP contribution in [0.4, 0.5) is 0 Å². The molecule has 0 saturated carbocycles. The van der Waals surface area contributed by atoms with E-state index in [1.165, 1.54) is 57.8 Å². The van der Waals surface area contributed by atoms with E-state index in [0.29, 0.717) is 6.42 Å². The molecule has 0 aliphatic rings. The van der Waals surface area contributed by atoms with Gasteiger partial charge in [0, 0.05) is 12.8 Å². The number of carbonyl (C=O) groups excluding carboxylic acids is 2. The molecule has 0 unspecified atom stereocenters. The molecule has 0 amide bonds. The van der Waals surface area contributed by atoms with E-state index in [4.69, 9.17) is 19.3 Å². The zero-order chi connectivity index (χ0) is 31.9. The van der Waals surface area contributed by atoms with Gasteiger partial charge in [-0.05, 0) is 51.4 Å². The van der Waals surface area contributed by atoms with Crippen LogP contribution in [0.3, 0.4) is 0 Å². The number of unbranched alkanes of at least 4 members (excludes halogenated alkanes) is 14. The molecule has 1 atom stereocenters. The predicted molar refractivity (Wildman–Crippen MR) is 175 cm³/mol. The minimum absolute atomic E-state index is 0.187. The smallest absolute Gasteiger partial charge is 0.462 e. The third-order valence-electron chi connectivity index (χ3n) is 6.91. The molecular weight excluding hydrogens is 567 g/mol. The van der Waals surface area contributed by atoms with E-state index in [0.717, 1.165) is 57.8 Å². The number of hydrogen-bond acceptors (Lipinski definition) is 6. The monoisotopic (exact) mass is 628 g/mol. The lowest BCUT2D eigenvalue weighted by atomic mass is 10.1. The number of ether oxygens (including phenoxy) is 2. The number of rotatable bonds is 30. The summed E-state index contributed by atoms with van der Waals surface area (Å²) >= 11 is 0. The minimum atomic E-state index is -4.75. The van der Waals surface area contributed by atoms with Gasteiger partial charge in [-0.25, -0.2) is 4.57 Å². The van der Waals surface area contributed by atoms with Crippen LogP contribution in [0.2, 0.25) is 0 Å². The van der Waals surface area contributed by atoms with E-state index >= 15 is 0 Å². The summed E-state index contributed by atoms with van der Waals surface area (Å²) in [6.07, 6.45) is 33.1. The highest BCUT2D eigenvalue weighted by Crippen LogP contribution is 2.35. The summed E-state index contributed by atoms with van der Waals surface area (Å²) in [5.41, 5.74) is 0. The van der Waals surface area contributed by atoms with Crippen molar-refractivity contribution < 1.29 is 37.9 Å². The highest BCUT2D eigenvalue weighted by atomic mass is 31.2. The lowest BCUT2D eigenvalue weighted by molar-refractivity contribution is -0.161. The first kappa shape index (κ1) is 41.3. The second-order valence-corrected chi connectivity index (χ2v) is 12.4. The molecule has 250 valence electrons. The molecular formula is C34H61O8P. The van der Waals surface area contributed by atoms with Gasteiger partial charge >= 0.3 is 19.8 Å². The number of esters is 2. The van der Waals surface area contributed by atoms with Gasteiger partial charge in [-0.15, -0.1) is 0 Å². The van der Waals surface area contributed by atoms with Crippen molar-refractivity contribution in [2.24, 2.45) is 0 Å². The Morgan fingerprint density at radius 2 is 1.05 bits per heavy atom. The van der Waals surface area contributed by atoms with Crippen LogP contribution < -0.4 is 0 Å². The predicted octanol–water partition coefficient (Wildman–Crippen LogP) is 9.45. The van der Waals surface area contributed by atoms with Gasteiger partial charge < -0.3 is 19.3 Å². The van der Waals surface area contributed by atoms with Crippen LogP contribution in [0.5, 0.6) is 0 Å². The molecule has 0 saturated heterocycles. The third-order valence-corrected chi connectivity index (χ3v) is 7.40. The Balaban J connectivity index is 4.05. The molecule has 0 heterocycles. The maximum absolute atomic E-state index is 12.3. The van der Waals surface area contributed by atoms with Gasteiger partial charge in [-0.1, -0.05) is 121 Å². The van der Waals surface area contributed by atoms with Crippen molar-refractivity contribution in [1.29, 1.82) is 0 Å². The maximum Gasteiger partial charge on any atom is 0.469 e. The van der Waals surface area contributed by atoms with E-state index in [1.54, 1.807) is 0 Å². The number of phosphoric acid groups is 1. The molecule has 0 spiro atoms. The average molecular weight is 629 g/mol. The first-order chi connectivity index (χ1) is 20.8. The van der Waals surface area contributed by atoms with Gasteiger partial charge in [-0.2, -0.15) is 0 Å². The Kier molecular flexibility index (Phi) is 29.1. The zero-order valence-corrected chi connectivity index (χ0v) is 28.0. The molecule has 0 bridgehead atoms. The first-order valence-electron chi connectivity index (χ1n) is 16.8. The average Bonchev–Trinajstić information content (AvgIpc) is 2.97. The van der Waals surface area contributed by atoms with E-state index < -0.39 is 32.5 Å². The third kappa shape index (κ3) is 33.0. The Bertz CT molecular complexity index is 802. The second-order valence-electron chi connectivity index (χ2n) is 11.1. The van der Waals surface area contributed by atoms with Crippen molar-refractivity contribution in [3.8, 4) is 0 Å². The van der Waals surface area contributed by atoms with Crippen LogP contribution >= 0.6 is 7.82 Å². The summed E-state index contributed by atoms with van der Waals surface area (Å²) in [5.74, 6) is -0.917. The molecule has 9 heteroatoms. The SMILES string of the molecule is CCCCC/C=C/C/C=C/C/C=C/CCCCCCC(=O)O[C@H](COC(=O)CCCCCCCCCC)COP(=O)(O)O. The van der Waals surface area contributed by atoms with Gasteiger partial charge in [0.25, 0.3) is 0 Å². The molecule has 0 aromatic heterocycles. The molecule has 2 N–H and O–H groups in total. The van der Waals surface area contributed by atoms with Crippen LogP contribution in [-0.2, 0) is 28.2 Å². The Morgan fingerprint density at radius 3 is 1.60 bits per heavy atom. The molecule has 0 aliphatic carbocycles. The van der Waals surface area contributed by atoms with Gasteiger partial charge in [0.15, 0.2) is 6.10 Å². The number of phosphoric ester groups is 1. The van der Waals surface area contributed by atoms with E-state index in [1.807, 2.05) is 0 Å². The molecule has 0 rings (SSSR count). The van der Waals surface area contributed by atoms with Crippen LogP contribution in [0, 0.1) is 0 Å². The number of hydrogen-bond donors (Lipinski definition) is 2. The summed E-state index contributed by atoms with van der Waals surface area (Å²) in [6, 6.07) is 0. The van der Waals surface area contributed by atoms with Crippen LogP contribution in [0.25, 0.3) is 0 Å². The van der Waals surface area contributed by atoms with E-state index in [-0.39, 0.29) is 19.4 Å². The maximum atomic E-state index is 12.3. The van der Waals surface area contributed by atoms with Crippen LogP contribution in [-0.4, -0.2) is 41.0 Å². The number of carbonyl (C=O) groups is 2. The van der Waals surface area contributed by atoms with Gasteiger partial charge in [0.1, 0.15) is 6.61 Å². The molecule has 43 heavy (non-hydrogen) atoms. The minimum Gasteiger partial charge on any atom is -0.462 e. The van der Waals surface area contributed by atoms with Gasteiger partial charge in [0.2, 0.25) is 0 Å². The molecule has 0 aromatic carbocycles. The van der Waals surface area contributed by atoms with Crippen LogP contribution in [0.1, 0.15) is 149 Å². The fourth-order valence-corrected chi connectivity index (χ4v) is 4.74. The summed E-state index contributed by atoms with van der Waals surface area (Å²) in [4.78, 5) is 42.4. The Hall–Kier alpha value is -1.73. The van der Waals surface area contributed by atoms with Crippen LogP contribution in [0.15, 0.2) is 36.5 Å². The molecule has 0 fully saturated rings. The lowest BCUT2D eigenvalue weighted by Gasteiger charge is -2.18. The Labute approximate surface area is 262 Å². The summed E-state index contributed by atoms with van der Waals surface area (Å²) < 4.78 is 26.1. The molecule has 8 nitrogen and oxygen atoms in total. The van der Waals surface area contributed by atoms with Crippen molar-refractivity contribution >= 4 is 19.8 Å². The fourth-order valence-electron chi connectivity index (χ4n) is 4.38. The zero-order valence-electron chi connectivity index (χ0n) is 27.1. The quantitative estimate of drug-likeness (QED) is 0.0349. The largest absolute Gasteiger partial charge is 0.469 e. The van der Waals surface area contributed by atoms with Crippen molar-refractivity contribution in [2.75, 3.05) is 13.2 Å². The normalized spacial score (nSPS) is 12.9. The van der Waals surface area contributed by atoms with Crippen molar-refractivity contribution in [1.82, 2.24) is 0 Å². The first-order valence-corrected chi connectivity index (χ1v) is 18.3. The summed E-state index contributed by atoms with van der Waals surface area (Å²) in [6.45, 7) is 3.57. The van der Waals surface area contributed by atoms with Crippen molar-refractivity contribution in [3.63, 3.8) is 0 Å². The standard InChI is InChI=1S/C34H61O8P/c1-3-5-7-9-11-13-14-15-16-17-18-19-20-21-23-25-27-29-34(36)42-32(31-41-43(37,38)39)30-40-33(35)28-26-24-22-12-10-8-6-4-2/h11,13,15-16,18-19,32H,3-10,12,14,17,20-31H2,1-2H3,(H2,37,38,39)/b13-11+,16-15+,19-18+/t32-/m1/s1.